The summed E-state index contributed by atoms with van der Waals surface area (Å²) >= 11 is 5.93. The molecule has 5 rings (SSSR count). The van der Waals surface area contributed by atoms with Gasteiger partial charge in [-0.3, -0.25) is 14.4 Å². The number of hydrogen-bond acceptors (Lipinski definition) is 6. The first-order chi connectivity index (χ1) is 21.5. The zero-order valence-electron chi connectivity index (χ0n) is 25.6. The minimum absolute atomic E-state index is 0.0448. The first kappa shape index (κ1) is 32.5. The van der Waals surface area contributed by atoms with Crippen molar-refractivity contribution in [3.63, 3.8) is 0 Å². The van der Waals surface area contributed by atoms with E-state index in [1.807, 2.05) is 32.2 Å². The topological polar surface area (TPSA) is 99.2 Å². The van der Waals surface area contributed by atoms with Crippen molar-refractivity contribution < 1.29 is 23.1 Å². The van der Waals surface area contributed by atoms with Crippen LogP contribution in [0.4, 0.5) is 5.69 Å². The van der Waals surface area contributed by atoms with Gasteiger partial charge in [-0.1, -0.05) is 73.1 Å². The molecule has 3 atom stereocenters. The van der Waals surface area contributed by atoms with Crippen molar-refractivity contribution in [2.45, 2.75) is 37.4 Å². The number of carbonyl (C=O) groups is 1. The number of nitrogens with one attached hydrogen (secondary N) is 1. The van der Waals surface area contributed by atoms with Crippen molar-refractivity contribution in [2.24, 2.45) is 5.92 Å². The van der Waals surface area contributed by atoms with Gasteiger partial charge in [0.1, 0.15) is 11.9 Å². The first-order valence-electron chi connectivity index (χ1n) is 14.9. The number of likely N-dealkylation sites (N-methyl/N-ethyl adjacent to an activating group) is 1. The smallest absolute Gasteiger partial charge is 0.261 e. The van der Waals surface area contributed by atoms with Crippen molar-refractivity contribution in [1.29, 1.82) is 0 Å². The second-order valence-electron chi connectivity index (χ2n) is 11.7. The van der Waals surface area contributed by atoms with Crippen LogP contribution in [-0.4, -0.2) is 68.1 Å². The fourth-order valence-corrected chi connectivity index (χ4v) is 6.62. The lowest BCUT2D eigenvalue weighted by Gasteiger charge is -2.38. The molecule has 0 spiro atoms. The molecule has 0 bridgehead atoms. The van der Waals surface area contributed by atoms with Gasteiger partial charge in [0.25, 0.3) is 15.9 Å². The molecule has 1 heterocycles. The molecule has 10 heteroatoms. The molecular weight excluding hydrogens is 610 g/mol. The molecule has 1 aliphatic heterocycles. The van der Waals surface area contributed by atoms with E-state index in [9.17, 15) is 18.3 Å². The zero-order valence-corrected chi connectivity index (χ0v) is 27.1. The predicted octanol–water partition coefficient (Wildman–Crippen LogP) is 6.16. The Balaban J connectivity index is 1.36. The number of anilines is 1. The van der Waals surface area contributed by atoms with Gasteiger partial charge in [0.05, 0.1) is 23.1 Å². The van der Waals surface area contributed by atoms with Gasteiger partial charge in [-0.2, -0.15) is 0 Å². The van der Waals surface area contributed by atoms with Crippen molar-refractivity contribution in [3.8, 4) is 16.9 Å². The minimum atomic E-state index is -3.93. The quantitative estimate of drug-likeness (QED) is 0.214. The van der Waals surface area contributed by atoms with E-state index in [1.165, 1.54) is 41.5 Å². The highest BCUT2D eigenvalue weighted by molar-refractivity contribution is 7.92. The van der Waals surface area contributed by atoms with Crippen LogP contribution in [0.1, 0.15) is 29.8 Å². The molecule has 45 heavy (non-hydrogen) atoms. The van der Waals surface area contributed by atoms with Crippen molar-refractivity contribution in [2.75, 3.05) is 31.5 Å². The Hall–Kier alpha value is -3.89. The molecule has 2 N–H and O–H groups in total. The third-order valence-corrected chi connectivity index (χ3v) is 9.70. The number of ether oxygens (including phenoxy) is 1. The molecule has 4 aromatic rings. The molecule has 0 radical (unpaired) electrons. The van der Waals surface area contributed by atoms with Gasteiger partial charge in [-0.25, -0.2) is 8.42 Å². The summed E-state index contributed by atoms with van der Waals surface area (Å²) in [5.41, 5.74) is 3.94. The molecule has 0 aromatic heterocycles. The number of benzene rings is 4. The normalized spacial score (nSPS) is 17.6. The third-order valence-electron chi connectivity index (χ3n) is 8.05. The van der Waals surface area contributed by atoms with Crippen LogP contribution in [0.15, 0.2) is 102 Å². The SMILES string of the molecule is C[C@@H]1CN([C@@H](C)CO)C(=O)c2cc(NS(=O)(=O)c3ccc(Cl)cc3)ccc2O[C@H]1CN(C)Cc1ccc(-c2ccccc2)cc1. The maximum atomic E-state index is 13.8. The van der Waals surface area contributed by atoms with E-state index in [0.29, 0.717) is 30.4 Å². The molecule has 8 nitrogen and oxygen atoms in total. The fraction of sp³-hybridized carbons (Fsp3) is 0.286. The Bertz CT molecular complexity index is 1720. The average Bonchev–Trinajstić information content (AvgIpc) is 3.03. The molecule has 0 saturated heterocycles. The Morgan fingerprint density at radius 2 is 1.67 bits per heavy atom. The number of sulfonamides is 1. The van der Waals surface area contributed by atoms with E-state index >= 15 is 0 Å². The van der Waals surface area contributed by atoms with Crippen molar-refractivity contribution >= 4 is 33.2 Å². The monoisotopic (exact) mass is 647 g/mol. The second-order valence-corrected chi connectivity index (χ2v) is 13.8. The third kappa shape index (κ3) is 7.86. The van der Waals surface area contributed by atoms with Crippen LogP contribution >= 0.6 is 11.6 Å². The molecule has 0 fully saturated rings. The lowest BCUT2D eigenvalue weighted by molar-refractivity contribution is 0.0341. The molecule has 4 aromatic carbocycles. The van der Waals surface area contributed by atoms with Gasteiger partial charge in [0.15, 0.2) is 0 Å². The molecule has 0 aliphatic carbocycles. The van der Waals surface area contributed by atoms with Gasteiger partial charge in [0.2, 0.25) is 0 Å². The average molecular weight is 648 g/mol. The highest BCUT2D eigenvalue weighted by atomic mass is 35.5. The molecule has 236 valence electrons. The van der Waals surface area contributed by atoms with E-state index in [2.05, 4.69) is 46.0 Å². The summed E-state index contributed by atoms with van der Waals surface area (Å²) in [6, 6.07) is 28.9. The first-order valence-corrected chi connectivity index (χ1v) is 16.7. The minimum Gasteiger partial charge on any atom is -0.488 e. The Kier molecular flexibility index (Phi) is 10.1. The number of aliphatic hydroxyl groups is 1. The summed E-state index contributed by atoms with van der Waals surface area (Å²) in [6.07, 6.45) is -0.282. The van der Waals surface area contributed by atoms with Crippen LogP contribution in [0.3, 0.4) is 0 Å². The molecule has 0 saturated carbocycles. The number of rotatable bonds is 10. The molecule has 1 amide bonds. The summed E-state index contributed by atoms with van der Waals surface area (Å²) in [5.74, 6) is -0.0277. The maximum absolute atomic E-state index is 13.8. The number of halogens is 1. The van der Waals surface area contributed by atoms with Crippen LogP contribution in [0.5, 0.6) is 5.75 Å². The molecule has 0 unspecified atom stereocenters. The largest absolute Gasteiger partial charge is 0.488 e. The van der Waals surface area contributed by atoms with Crippen LogP contribution in [-0.2, 0) is 16.6 Å². The summed E-state index contributed by atoms with van der Waals surface area (Å²) < 4.78 is 35.1. The fourth-order valence-electron chi connectivity index (χ4n) is 5.45. The number of hydrogen-bond donors (Lipinski definition) is 2. The lowest BCUT2D eigenvalue weighted by atomic mass is 9.99. The molecular formula is C35H38ClN3O5S. The maximum Gasteiger partial charge on any atom is 0.261 e. The van der Waals surface area contributed by atoms with Crippen molar-refractivity contribution in [3.05, 3.63) is 113 Å². The highest BCUT2D eigenvalue weighted by Gasteiger charge is 2.33. The van der Waals surface area contributed by atoms with Gasteiger partial charge < -0.3 is 14.7 Å². The van der Waals surface area contributed by atoms with E-state index in [1.54, 1.807) is 24.0 Å². The number of amides is 1. The zero-order chi connectivity index (χ0) is 32.1. The van der Waals surface area contributed by atoms with Gasteiger partial charge in [-0.15, -0.1) is 0 Å². The number of nitrogens with zero attached hydrogens (tertiary/aromatic N) is 2. The highest BCUT2D eigenvalue weighted by Crippen LogP contribution is 2.32. The van der Waals surface area contributed by atoms with Crippen LogP contribution in [0.25, 0.3) is 11.1 Å². The van der Waals surface area contributed by atoms with Crippen LogP contribution in [0.2, 0.25) is 5.02 Å². The summed E-state index contributed by atoms with van der Waals surface area (Å²) in [6.45, 7) is 5.28. The van der Waals surface area contributed by atoms with Gasteiger partial charge >= 0.3 is 0 Å². The van der Waals surface area contributed by atoms with E-state index in [0.717, 1.165) is 5.56 Å². The summed E-state index contributed by atoms with van der Waals surface area (Å²) in [7, 11) is -1.89. The van der Waals surface area contributed by atoms with Gasteiger partial charge in [-0.05, 0) is 73.1 Å². The van der Waals surface area contributed by atoms with E-state index in [-0.39, 0.29) is 40.7 Å². The summed E-state index contributed by atoms with van der Waals surface area (Å²) in [5, 5.41) is 10.4. The van der Waals surface area contributed by atoms with Crippen molar-refractivity contribution in [1.82, 2.24) is 9.80 Å². The van der Waals surface area contributed by atoms with Crippen LogP contribution in [0, 0.1) is 5.92 Å². The Morgan fingerprint density at radius 3 is 2.33 bits per heavy atom. The van der Waals surface area contributed by atoms with Crippen LogP contribution < -0.4 is 9.46 Å². The number of fused-ring (bicyclic) bond motifs is 1. The standard InChI is InChI=1S/C35H38ClN3O5S/c1-24-20-39(25(2)23-40)35(41)32-19-30(37-45(42,43)31-16-13-29(36)14-17-31)15-18-33(32)44-34(24)22-38(3)21-26-9-11-28(12-10-26)27-7-5-4-6-8-27/h4-19,24-25,34,37,40H,20-23H2,1-3H3/t24-,25+,34+/m1/s1. The molecule has 1 aliphatic rings. The van der Waals surface area contributed by atoms with E-state index in [4.69, 9.17) is 16.3 Å². The van der Waals surface area contributed by atoms with Gasteiger partial charge in [0, 0.05) is 36.3 Å². The second kappa shape index (κ2) is 14.0. The summed E-state index contributed by atoms with van der Waals surface area (Å²) in [4.78, 5) is 17.7. The predicted molar refractivity (Wildman–Crippen MR) is 178 cm³/mol. The Morgan fingerprint density at radius 1 is 1.00 bits per heavy atom. The Labute approximate surface area is 270 Å². The van der Waals surface area contributed by atoms with E-state index < -0.39 is 16.1 Å². The number of aliphatic hydroxyl groups excluding tert-OH is 1. The lowest BCUT2D eigenvalue weighted by Crippen LogP contribution is -2.49. The number of carbonyl (C=O) groups excluding carboxylic acids is 1.